The van der Waals surface area contributed by atoms with E-state index in [0.717, 1.165) is 25.9 Å². The fraction of sp³-hybridized carbons (Fsp3) is 0.533. The van der Waals surface area contributed by atoms with Crippen molar-refractivity contribution in [1.29, 1.82) is 0 Å². The third-order valence-electron chi connectivity index (χ3n) is 3.50. The van der Waals surface area contributed by atoms with Gasteiger partial charge in [-0.05, 0) is 38.3 Å². The van der Waals surface area contributed by atoms with Crippen LogP contribution in [0.1, 0.15) is 36.5 Å². The second kappa shape index (κ2) is 6.15. The minimum Gasteiger partial charge on any atom is -0.376 e. The number of carbonyl (C=O) groups is 1. The standard InChI is InChI=1S/C15H20FNO2/c1-11(18)13-7-5-8-14(16)15(13)17(2)10-12-6-3-4-9-19-12/h5,7-8,12H,3-4,6,9-10H2,1-2H3. The summed E-state index contributed by atoms with van der Waals surface area (Å²) in [6, 6.07) is 4.62. The van der Waals surface area contributed by atoms with Crippen LogP contribution >= 0.6 is 0 Å². The van der Waals surface area contributed by atoms with Crippen LogP contribution in [-0.2, 0) is 4.74 Å². The van der Waals surface area contributed by atoms with E-state index < -0.39 is 0 Å². The number of rotatable bonds is 4. The van der Waals surface area contributed by atoms with Gasteiger partial charge in [0.1, 0.15) is 5.82 Å². The summed E-state index contributed by atoms with van der Waals surface area (Å²) in [6.45, 7) is 2.85. The number of ether oxygens (including phenoxy) is 1. The van der Waals surface area contributed by atoms with E-state index in [1.165, 1.54) is 13.0 Å². The number of para-hydroxylation sites is 1. The average Bonchev–Trinajstić information content (AvgIpc) is 2.39. The van der Waals surface area contributed by atoms with Gasteiger partial charge >= 0.3 is 0 Å². The molecule has 1 unspecified atom stereocenters. The monoisotopic (exact) mass is 265 g/mol. The van der Waals surface area contributed by atoms with Crippen molar-refractivity contribution in [3.63, 3.8) is 0 Å². The lowest BCUT2D eigenvalue weighted by molar-refractivity contribution is 0.0215. The molecule has 2 rings (SSSR count). The number of anilines is 1. The SMILES string of the molecule is CC(=O)c1cccc(F)c1N(C)CC1CCCCO1. The van der Waals surface area contributed by atoms with Crippen molar-refractivity contribution >= 4 is 11.5 Å². The molecule has 1 aromatic rings. The molecule has 104 valence electrons. The Balaban J connectivity index is 2.17. The van der Waals surface area contributed by atoms with E-state index >= 15 is 0 Å². The number of halogens is 1. The zero-order chi connectivity index (χ0) is 13.8. The normalized spacial score (nSPS) is 19.2. The molecule has 0 radical (unpaired) electrons. The van der Waals surface area contributed by atoms with Gasteiger partial charge in [0.25, 0.3) is 0 Å². The molecule has 0 amide bonds. The third kappa shape index (κ3) is 3.32. The minimum atomic E-state index is -0.356. The summed E-state index contributed by atoms with van der Waals surface area (Å²) in [6.07, 6.45) is 3.36. The van der Waals surface area contributed by atoms with E-state index in [0.29, 0.717) is 17.8 Å². The van der Waals surface area contributed by atoms with Crippen molar-refractivity contribution in [2.24, 2.45) is 0 Å². The van der Waals surface area contributed by atoms with E-state index in [2.05, 4.69) is 0 Å². The highest BCUT2D eigenvalue weighted by atomic mass is 19.1. The summed E-state index contributed by atoms with van der Waals surface area (Å²) < 4.78 is 19.6. The Bertz CT molecular complexity index is 455. The molecule has 1 heterocycles. The first-order valence-electron chi connectivity index (χ1n) is 6.72. The summed E-state index contributed by atoms with van der Waals surface area (Å²) >= 11 is 0. The molecule has 1 aliphatic heterocycles. The third-order valence-corrected chi connectivity index (χ3v) is 3.50. The van der Waals surface area contributed by atoms with Crippen LogP contribution in [0.4, 0.5) is 10.1 Å². The maximum atomic E-state index is 14.0. The van der Waals surface area contributed by atoms with Crippen LogP contribution in [-0.4, -0.2) is 32.1 Å². The van der Waals surface area contributed by atoms with E-state index in [1.807, 2.05) is 7.05 Å². The first kappa shape index (κ1) is 14.0. The quantitative estimate of drug-likeness (QED) is 0.784. The molecule has 3 nitrogen and oxygen atoms in total. The molecule has 1 fully saturated rings. The van der Waals surface area contributed by atoms with Crippen LogP contribution in [0.15, 0.2) is 18.2 Å². The van der Waals surface area contributed by atoms with Gasteiger partial charge in [0.15, 0.2) is 5.78 Å². The number of nitrogens with zero attached hydrogens (tertiary/aromatic N) is 1. The van der Waals surface area contributed by atoms with E-state index in [1.54, 1.807) is 17.0 Å². The second-order valence-electron chi connectivity index (χ2n) is 5.06. The van der Waals surface area contributed by atoms with Gasteiger partial charge in [-0.15, -0.1) is 0 Å². The van der Waals surface area contributed by atoms with E-state index in [9.17, 15) is 9.18 Å². The first-order valence-corrected chi connectivity index (χ1v) is 6.72. The lowest BCUT2D eigenvalue weighted by Crippen LogP contribution is -2.34. The highest BCUT2D eigenvalue weighted by Gasteiger charge is 2.20. The van der Waals surface area contributed by atoms with Gasteiger partial charge in [0.05, 0.1) is 11.8 Å². The lowest BCUT2D eigenvalue weighted by Gasteiger charge is -2.29. The smallest absolute Gasteiger partial charge is 0.161 e. The summed E-state index contributed by atoms with van der Waals surface area (Å²) in [4.78, 5) is 13.4. The van der Waals surface area contributed by atoms with Crippen molar-refractivity contribution in [3.05, 3.63) is 29.6 Å². The highest BCUT2D eigenvalue weighted by molar-refractivity contribution is 5.99. The zero-order valence-corrected chi connectivity index (χ0v) is 11.5. The number of hydrogen-bond donors (Lipinski definition) is 0. The fourth-order valence-corrected chi connectivity index (χ4v) is 2.54. The summed E-state index contributed by atoms with van der Waals surface area (Å²) in [5.74, 6) is -0.475. The molecular weight excluding hydrogens is 245 g/mol. The zero-order valence-electron chi connectivity index (χ0n) is 11.5. The topological polar surface area (TPSA) is 29.5 Å². The van der Waals surface area contributed by atoms with Crippen LogP contribution in [0.5, 0.6) is 0 Å². The largest absolute Gasteiger partial charge is 0.376 e. The Morgan fingerprint density at radius 3 is 2.89 bits per heavy atom. The molecule has 1 aromatic carbocycles. The van der Waals surface area contributed by atoms with E-state index in [-0.39, 0.29) is 17.7 Å². The van der Waals surface area contributed by atoms with Gasteiger partial charge in [-0.25, -0.2) is 4.39 Å². The average molecular weight is 265 g/mol. The van der Waals surface area contributed by atoms with Crippen LogP contribution < -0.4 is 4.90 Å². The fourth-order valence-electron chi connectivity index (χ4n) is 2.54. The molecule has 0 N–H and O–H groups in total. The number of ketones is 1. The maximum Gasteiger partial charge on any atom is 0.161 e. The second-order valence-corrected chi connectivity index (χ2v) is 5.06. The van der Waals surface area contributed by atoms with Gasteiger partial charge in [-0.1, -0.05) is 6.07 Å². The highest BCUT2D eigenvalue weighted by Crippen LogP contribution is 2.25. The summed E-state index contributed by atoms with van der Waals surface area (Å²) in [5.41, 5.74) is 0.808. The van der Waals surface area contributed by atoms with Gasteiger partial charge in [-0.2, -0.15) is 0 Å². The number of Topliss-reactive ketones (excluding diaryl/α,β-unsaturated/α-hetero) is 1. The molecule has 1 atom stereocenters. The molecule has 0 saturated carbocycles. The molecule has 1 aliphatic rings. The van der Waals surface area contributed by atoms with Gasteiger partial charge < -0.3 is 9.64 Å². The Labute approximate surface area is 113 Å². The minimum absolute atomic E-state index is 0.120. The number of benzene rings is 1. The van der Waals surface area contributed by atoms with Crippen molar-refractivity contribution in [3.8, 4) is 0 Å². The molecule has 4 heteroatoms. The van der Waals surface area contributed by atoms with Gasteiger partial charge in [-0.3, -0.25) is 4.79 Å². The van der Waals surface area contributed by atoms with Crippen molar-refractivity contribution in [1.82, 2.24) is 0 Å². The molecule has 19 heavy (non-hydrogen) atoms. The van der Waals surface area contributed by atoms with Crippen LogP contribution in [0.2, 0.25) is 0 Å². The maximum absolute atomic E-state index is 14.0. The number of carbonyl (C=O) groups excluding carboxylic acids is 1. The molecule has 1 saturated heterocycles. The van der Waals surface area contributed by atoms with E-state index in [4.69, 9.17) is 4.74 Å². The molecule has 0 aliphatic carbocycles. The van der Waals surface area contributed by atoms with Crippen molar-refractivity contribution in [2.45, 2.75) is 32.3 Å². The van der Waals surface area contributed by atoms with Gasteiger partial charge in [0.2, 0.25) is 0 Å². The van der Waals surface area contributed by atoms with Gasteiger partial charge in [0, 0.05) is 25.8 Å². The molecule has 0 bridgehead atoms. The number of hydrogen-bond acceptors (Lipinski definition) is 3. The predicted molar refractivity (Wildman–Crippen MR) is 73.3 cm³/mol. The summed E-state index contributed by atoms with van der Waals surface area (Å²) in [7, 11) is 1.81. The Hall–Kier alpha value is -1.42. The molecule has 0 aromatic heterocycles. The Morgan fingerprint density at radius 2 is 2.26 bits per heavy atom. The molecular formula is C15H20FNO2. The Kier molecular flexibility index (Phi) is 4.53. The van der Waals surface area contributed by atoms with Crippen LogP contribution in [0.25, 0.3) is 0 Å². The Morgan fingerprint density at radius 1 is 1.47 bits per heavy atom. The lowest BCUT2D eigenvalue weighted by atomic mass is 10.1. The van der Waals surface area contributed by atoms with Crippen molar-refractivity contribution < 1.29 is 13.9 Å². The first-order chi connectivity index (χ1) is 9.09. The molecule has 0 spiro atoms. The predicted octanol–water partition coefficient (Wildman–Crippen LogP) is 3.03. The van der Waals surface area contributed by atoms with Crippen molar-refractivity contribution in [2.75, 3.05) is 25.1 Å². The number of likely N-dealkylation sites (N-methyl/N-ethyl adjacent to an activating group) is 1. The van der Waals surface area contributed by atoms with Crippen LogP contribution in [0, 0.1) is 5.82 Å². The summed E-state index contributed by atoms with van der Waals surface area (Å²) in [5, 5.41) is 0. The van der Waals surface area contributed by atoms with Crippen LogP contribution in [0.3, 0.4) is 0 Å².